The molecular weight excluding hydrogens is 292 g/mol. The highest BCUT2D eigenvalue weighted by Crippen LogP contribution is 2.30. The standard InChI is InChI=1S/C15H16N4O2.C2H6/c1-9-6-11(4-5-12(9)16)21-14-7-13(17-8-18-14)19-15(20)10-2-3-10;1-2/h4-8,10H,2-3,16H2,1H3,(H,17,18,19,20);1-2H3. The maximum absolute atomic E-state index is 11.7. The number of hydrogen-bond acceptors (Lipinski definition) is 5. The third-order valence-electron chi connectivity index (χ3n) is 3.31. The first-order chi connectivity index (χ1) is 11.1. The van der Waals surface area contributed by atoms with Crippen molar-refractivity contribution in [2.75, 3.05) is 11.1 Å². The summed E-state index contributed by atoms with van der Waals surface area (Å²) in [6.07, 6.45) is 3.26. The molecule has 0 unspecified atom stereocenters. The molecule has 0 atom stereocenters. The summed E-state index contributed by atoms with van der Waals surface area (Å²) in [6.45, 7) is 5.91. The van der Waals surface area contributed by atoms with Crippen LogP contribution in [0.5, 0.6) is 11.6 Å². The molecule has 1 amide bonds. The van der Waals surface area contributed by atoms with Crippen molar-refractivity contribution in [3.8, 4) is 11.6 Å². The average Bonchev–Trinajstić information content (AvgIpc) is 3.38. The van der Waals surface area contributed by atoms with E-state index in [2.05, 4.69) is 15.3 Å². The van der Waals surface area contributed by atoms with Crippen LogP contribution in [0.4, 0.5) is 11.5 Å². The lowest BCUT2D eigenvalue weighted by molar-refractivity contribution is -0.117. The predicted molar refractivity (Wildman–Crippen MR) is 90.4 cm³/mol. The predicted octanol–water partition coefficient (Wildman–Crippen LogP) is 3.53. The van der Waals surface area contributed by atoms with Crippen LogP contribution >= 0.6 is 0 Å². The Morgan fingerprint density at radius 1 is 1.26 bits per heavy atom. The van der Waals surface area contributed by atoms with E-state index in [0.717, 1.165) is 18.4 Å². The number of nitrogens with one attached hydrogen (secondary N) is 1. The summed E-state index contributed by atoms with van der Waals surface area (Å²) in [6, 6.07) is 6.99. The second-order valence-corrected chi connectivity index (χ2v) is 5.13. The van der Waals surface area contributed by atoms with Gasteiger partial charge in [0.15, 0.2) is 0 Å². The van der Waals surface area contributed by atoms with Gasteiger partial charge >= 0.3 is 0 Å². The van der Waals surface area contributed by atoms with E-state index in [1.165, 1.54) is 6.33 Å². The Balaban J connectivity index is 0.000000924. The van der Waals surface area contributed by atoms with E-state index in [1.54, 1.807) is 18.2 Å². The van der Waals surface area contributed by atoms with E-state index in [4.69, 9.17) is 10.5 Å². The van der Waals surface area contributed by atoms with Crippen molar-refractivity contribution in [2.45, 2.75) is 33.6 Å². The van der Waals surface area contributed by atoms with Crippen molar-refractivity contribution in [2.24, 2.45) is 5.92 Å². The molecule has 23 heavy (non-hydrogen) atoms. The van der Waals surface area contributed by atoms with Gasteiger partial charge in [0.1, 0.15) is 17.9 Å². The SMILES string of the molecule is CC.Cc1cc(Oc2cc(NC(=O)C3CC3)ncn2)ccc1N. The number of carbonyl (C=O) groups is 1. The smallest absolute Gasteiger partial charge is 0.228 e. The molecule has 122 valence electrons. The monoisotopic (exact) mass is 314 g/mol. The number of nitrogens with two attached hydrogens (primary N) is 1. The molecule has 1 aromatic heterocycles. The van der Waals surface area contributed by atoms with E-state index >= 15 is 0 Å². The molecule has 0 bridgehead atoms. The van der Waals surface area contributed by atoms with Crippen LogP contribution in [0.1, 0.15) is 32.3 Å². The maximum Gasteiger partial charge on any atom is 0.228 e. The molecule has 2 aromatic rings. The molecule has 0 aliphatic heterocycles. The van der Waals surface area contributed by atoms with Gasteiger partial charge in [-0.05, 0) is 43.5 Å². The van der Waals surface area contributed by atoms with Gasteiger partial charge in [0.2, 0.25) is 11.8 Å². The average molecular weight is 314 g/mol. The Hall–Kier alpha value is -2.63. The van der Waals surface area contributed by atoms with E-state index in [-0.39, 0.29) is 11.8 Å². The normalized spacial score (nSPS) is 12.8. The number of aromatic nitrogens is 2. The van der Waals surface area contributed by atoms with E-state index in [9.17, 15) is 4.79 Å². The largest absolute Gasteiger partial charge is 0.439 e. The first kappa shape index (κ1) is 16.7. The molecule has 1 aliphatic carbocycles. The van der Waals surface area contributed by atoms with Gasteiger partial charge in [0, 0.05) is 17.7 Å². The van der Waals surface area contributed by atoms with Gasteiger partial charge < -0.3 is 15.8 Å². The van der Waals surface area contributed by atoms with Gasteiger partial charge in [-0.1, -0.05) is 13.8 Å². The highest BCUT2D eigenvalue weighted by atomic mass is 16.5. The Bertz CT molecular complexity index is 684. The quantitative estimate of drug-likeness (QED) is 0.842. The molecule has 0 spiro atoms. The van der Waals surface area contributed by atoms with Gasteiger partial charge in [-0.2, -0.15) is 0 Å². The van der Waals surface area contributed by atoms with Crippen LogP contribution in [-0.4, -0.2) is 15.9 Å². The van der Waals surface area contributed by atoms with Crippen molar-refractivity contribution in [3.05, 3.63) is 36.2 Å². The summed E-state index contributed by atoms with van der Waals surface area (Å²) in [4.78, 5) is 19.8. The van der Waals surface area contributed by atoms with Crippen molar-refractivity contribution in [1.29, 1.82) is 0 Å². The number of rotatable bonds is 4. The molecule has 6 nitrogen and oxygen atoms in total. The van der Waals surface area contributed by atoms with Crippen molar-refractivity contribution in [1.82, 2.24) is 9.97 Å². The van der Waals surface area contributed by atoms with Crippen LogP contribution in [0.15, 0.2) is 30.6 Å². The number of benzene rings is 1. The van der Waals surface area contributed by atoms with Crippen molar-refractivity contribution in [3.63, 3.8) is 0 Å². The molecule has 1 saturated carbocycles. The highest BCUT2D eigenvalue weighted by molar-refractivity contribution is 5.93. The molecule has 3 rings (SSSR count). The van der Waals surface area contributed by atoms with Gasteiger partial charge in [0.05, 0.1) is 0 Å². The molecule has 1 heterocycles. The fourth-order valence-corrected chi connectivity index (χ4v) is 1.87. The van der Waals surface area contributed by atoms with Gasteiger partial charge in [-0.15, -0.1) is 0 Å². The minimum absolute atomic E-state index is 0.00276. The second-order valence-electron chi connectivity index (χ2n) is 5.13. The maximum atomic E-state index is 11.7. The van der Waals surface area contributed by atoms with Crippen molar-refractivity contribution >= 4 is 17.4 Å². The molecule has 0 saturated heterocycles. The summed E-state index contributed by atoms with van der Waals surface area (Å²) >= 11 is 0. The third kappa shape index (κ3) is 4.67. The third-order valence-corrected chi connectivity index (χ3v) is 3.31. The minimum Gasteiger partial charge on any atom is -0.439 e. The van der Waals surface area contributed by atoms with Gasteiger partial charge in [-0.25, -0.2) is 9.97 Å². The molecular formula is C17H22N4O2. The second kappa shape index (κ2) is 7.58. The zero-order chi connectivity index (χ0) is 16.8. The topological polar surface area (TPSA) is 90.1 Å². The zero-order valence-corrected chi connectivity index (χ0v) is 13.7. The molecule has 6 heteroatoms. The number of nitrogen functional groups attached to an aromatic ring is 1. The summed E-state index contributed by atoms with van der Waals surface area (Å²) in [5.74, 6) is 1.59. The van der Waals surface area contributed by atoms with Crippen LogP contribution in [0.2, 0.25) is 0 Å². The number of ether oxygens (including phenoxy) is 1. The van der Waals surface area contributed by atoms with Crippen LogP contribution in [0.3, 0.4) is 0 Å². The molecule has 1 fully saturated rings. The summed E-state index contributed by atoms with van der Waals surface area (Å²) in [5.41, 5.74) is 7.41. The Kier molecular flexibility index (Phi) is 5.51. The van der Waals surface area contributed by atoms with Crippen LogP contribution < -0.4 is 15.8 Å². The number of hydrogen-bond donors (Lipinski definition) is 2. The molecule has 1 aromatic carbocycles. The molecule has 1 aliphatic rings. The lowest BCUT2D eigenvalue weighted by Crippen LogP contribution is -2.14. The molecule has 0 radical (unpaired) electrons. The number of carbonyl (C=O) groups excluding carboxylic acids is 1. The summed E-state index contributed by atoms with van der Waals surface area (Å²) < 4.78 is 5.65. The van der Waals surface area contributed by atoms with E-state index < -0.39 is 0 Å². The number of nitrogens with zero attached hydrogens (tertiary/aromatic N) is 2. The Labute approximate surface area is 136 Å². The summed E-state index contributed by atoms with van der Waals surface area (Å²) in [5, 5.41) is 2.76. The minimum atomic E-state index is 0.00276. The van der Waals surface area contributed by atoms with Crippen LogP contribution in [0.25, 0.3) is 0 Å². The first-order valence-electron chi connectivity index (χ1n) is 7.79. The summed E-state index contributed by atoms with van der Waals surface area (Å²) in [7, 11) is 0. The number of amides is 1. The van der Waals surface area contributed by atoms with Crippen LogP contribution in [-0.2, 0) is 4.79 Å². The van der Waals surface area contributed by atoms with Gasteiger partial charge in [-0.3, -0.25) is 4.79 Å². The lowest BCUT2D eigenvalue weighted by Gasteiger charge is -2.08. The van der Waals surface area contributed by atoms with Crippen LogP contribution in [0, 0.1) is 12.8 Å². The van der Waals surface area contributed by atoms with Crippen molar-refractivity contribution < 1.29 is 9.53 Å². The fourth-order valence-electron chi connectivity index (χ4n) is 1.87. The van der Waals surface area contributed by atoms with E-state index in [1.807, 2.05) is 26.8 Å². The van der Waals surface area contributed by atoms with Gasteiger partial charge in [0.25, 0.3) is 0 Å². The number of aryl methyl sites for hydroxylation is 1. The highest BCUT2D eigenvalue weighted by Gasteiger charge is 2.29. The zero-order valence-electron chi connectivity index (χ0n) is 13.7. The van der Waals surface area contributed by atoms with E-state index in [0.29, 0.717) is 23.1 Å². The first-order valence-corrected chi connectivity index (χ1v) is 7.79. The Morgan fingerprint density at radius 3 is 2.65 bits per heavy atom. The fraction of sp³-hybridized carbons (Fsp3) is 0.353. The lowest BCUT2D eigenvalue weighted by atomic mass is 10.2. The number of anilines is 2. The molecule has 3 N–H and O–H groups in total. The Morgan fingerprint density at radius 2 is 2.00 bits per heavy atom.